The zero-order valence-corrected chi connectivity index (χ0v) is 16.4. The summed E-state index contributed by atoms with van der Waals surface area (Å²) in [6.07, 6.45) is 3.40. The summed E-state index contributed by atoms with van der Waals surface area (Å²) in [4.78, 5) is 14.7. The van der Waals surface area contributed by atoms with Crippen LogP contribution in [0.5, 0.6) is 5.75 Å². The van der Waals surface area contributed by atoms with Gasteiger partial charge in [0.15, 0.2) is 3.95 Å². The maximum absolute atomic E-state index is 11.7. The SMILES string of the molecule is CCOC(=O)/C=c1\[nH]c(=S)s\c1=C/c1ccc(OCc2ccccc2)cc1. The van der Waals surface area contributed by atoms with Gasteiger partial charge in [0, 0.05) is 6.08 Å². The lowest BCUT2D eigenvalue weighted by atomic mass is 10.2. The molecule has 0 unspecified atom stereocenters. The first-order chi connectivity index (χ1) is 13.1. The molecule has 0 aliphatic heterocycles. The Morgan fingerprint density at radius 2 is 1.89 bits per heavy atom. The van der Waals surface area contributed by atoms with E-state index in [0.29, 0.717) is 22.5 Å². The predicted octanol–water partition coefficient (Wildman–Crippen LogP) is 3.56. The lowest BCUT2D eigenvalue weighted by Crippen LogP contribution is -2.23. The predicted molar refractivity (Wildman–Crippen MR) is 111 cm³/mol. The average molecular weight is 398 g/mol. The normalized spacial score (nSPS) is 12.2. The summed E-state index contributed by atoms with van der Waals surface area (Å²) in [5.74, 6) is 0.414. The summed E-state index contributed by atoms with van der Waals surface area (Å²) >= 11 is 6.62. The zero-order chi connectivity index (χ0) is 19.1. The highest BCUT2D eigenvalue weighted by molar-refractivity contribution is 7.73. The van der Waals surface area contributed by atoms with Crippen molar-refractivity contribution in [2.75, 3.05) is 6.61 Å². The Bertz CT molecular complexity index is 1070. The van der Waals surface area contributed by atoms with Crippen molar-refractivity contribution in [1.29, 1.82) is 0 Å². The molecule has 0 bridgehead atoms. The molecule has 0 spiro atoms. The van der Waals surface area contributed by atoms with Gasteiger partial charge in [-0.1, -0.05) is 42.5 Å². The molecule has 3 rings (SSSR count). The highest BCUT2D eigenvalue weighted by atomic mass is 32.1. The summed E-state index contributed by atoms with van der Waals surface area (Å²) in [6.45, 7) is 2.64. The summed E-state index contributed by atoms with van der Waals surface area (Å²) in [7, 11) is 0. The Labute approximate surface area is 166 Å². The zero-order valence-electron chi connectivity index (χ0n) is 14.8. The second-order valence-corrected chi connectivity index (χ2v) is 7.40. The smallest absolute Gasteiger partial charge is 0.332 e. The van der Waals surface area contributed by atoms with Crippen molar-refractivity contribution in [3.63, 3.8) is 0 Å². The third kappa shape index (κ3) is 5.64. The van der Waals surface area contributed by atoms with Crippen LogP contribution in [0.1, 0.15) is 18.1 Å². The second-order valence-electron chi connectivity index (χ2n) is 5.68. The Hall–Kier alpha value is -2.70. The monoisotopic (exact) mass is 397 g/mol. The van der Waals surface area contributed by atoms with Gasteiger partial charge in [-0.05, 0) is 48.5 Å². The minimum atomic E-state index is -0.388. The molecule has 0 saturated heterocycles. The largest absolute Gasteiger partial charge is 0.489 e. The van der Waals surface area contributed by atoms with Gasteiger partial charge in [-0.25, -0.2) is 4.79 Å². The van der Waals surface area contributed by atoms with Gasteiger partial charge in [0.05, 0.1) is 16.5 Å². The average Bonchev–Trinajstić information content (AvgIpc) is 3.01. The van der Waals surface area contributed by atoms with E-state index in [1.807, 2.05) is 60.7 Å². The highest BCUT2D eigenvalue weighted by Gasteiger charge is 2.00. The van der Waals surface area contributed by atoms with E-state index in [-0.39, 0.29) is 5.97 Å². The number of hydrogen-bond acceptors (Lipinski definition) is 5. The number of H-pyrrole nitrogens is 1. The van der Waals surface area contributed by atoms with E-state index in [1.54, 1.807) is 6.92 Å². The molecule has 4 nitrogen and oxygen atoms in total. The Kier molecular flexibility index (Phi) is 6.57. The van der Waals surface area contributed by atoms with Crippen LogP contribution in [0, 0.1) is 3.95 Å². The van der Waals surface area contributed by atoms with E-state index in [2.05, 4.69) is 4.98 Å². The molecule has 138 valence electrons. The molecule has 1 heterocycles. The third-order valence-corrected chi connectivity index (χ3v) is 4.88. The van der Waals surface area contributed by atoms with Crippen LogP contribution in [0.2, 0.25) is 0 Å². The van der Waals surface area contributed by atoms with Gasteiger partial charge in [-0.15, -0.1) is 11.3 Å². The topological polar surface area (TPSA) is 51.3 Å². The number of rotatable bonds is 6. The van der Waals surface area contributed by atoms with Gasteiger partial charge in [0.2, 0.25) is 0 Å². The van der Waals surface area contributed by atoms with Gasteiger partial charge < -0.3 is 14.5 Å². The molecule has 0 fully saturated rings. The van der Waals surface area contributed by atoms with E-state index in [9.17, 15) is 4.79 Å². The van der Waals surface area contributed by atoms with Crippen LogP contribution in [0.15, 0.2) is 54.6 Å². The highest BCUT2D eigenvalue weighted by Crippen LogP contribution is 2.14. The molecule has 0 aliphatic rings. The van der Waals surface area contributed by atoms with Crippen molar-refractivity contribution in [1.82, 2.24) is 4.98 Å². The number of benzene rings is 2. The Morgan fingerprint density at radius 1 is 1.15 bits per heavy atom. The van der Waals surface area contributed by atoms with Crippen molar-refractivity contribution in [3.05, 3.63) is 79.6 Å². The van der Waals surface area contributed by atoms with E-state index in [0.717, 1.165) is 21.4 Å². The van der Waals surface area contributed by atoms with Crippen molar-refractivity contribution in [3.8, 4) is 5.75 Å². The van der Waals surface area contributed by atoms with Crippen LogP contribution in [-0.4, -0.2) is 17.6 Å². The molecule has 6 heteroatoms. The van der Waals surface area contributed by atoms with Crippen LogP contribution in [0.4, 0.5) is 0 Å². The molecule has 0 radical (unpaired) electrons. The molecule has 1 N–H and O–H groups in total. The molecule has 1 aromatic heterocycles. The number of carbonyl (C=O) groups is 1. The minimum absolute atomic E-state index is 0.337. The second kappa shape index (κ2) is 9.30. The first kappa shape index (κ1) is 19.1. The number of aromatic amines is 1. The molecule has 0 saturated carbocycles. The van der Waals surface area contributed by atoms with Gasteiger partial charge in [0.25, 0.3) is 0 Å². The van der Waals surface area contributed by atoms with Gasteiger partial charge >= 0.3 is 5.97 Å². The molecular formula is C21H19NO3S2. The quantitative estimate of drug-likeness (QED) is 0.510. The van der Waals surface area contributed by atoms with Gasteiger partial charge in [-0.2, -0.15) is 0 Å². The molecule has 0 amide bonds. The Morgan fingerprint density at radius 3 is 2.59 bits per heavy atom. The Balaban J connectivity index is 1.78. The number of thiazole rings is 1. The van der Waals surface area contributed by atoms with E-state index >= 15 is 0 Å². The van der Waals surface area contributed by atoms with Crippen LogP contribution in [-0.2, 0) is 16.1 Å². The first-order valence-electron chi connectivity index (χ1n) is 8.50. The molecule has 0 atom stereocenters. The molecule has 3 aromatic rings. The van der Waals surface area contributed by atoms with Gasteiger partial charge in [-0.3, -0.25) is 0 Å². The maximum atomic E-state index is 11.7. The van der Waals surface area contributed by atoms with Crippen LogP contribution >= 0.6 is 23.6 Å². The number of hydrogen-bond donors (Lipinski definition) is 1. The molecular weight excluding hydrogens is 378 g/mol. The van der Waals surface area contributed by atoms with Crippen molar-refractivity contribution in [2.45, 2.75) is 13.5 Å². The van der Waals surface area contributed by atoms with E-state index in [1.165, 1.54) is 17.4 Å². The number of aromatic nitrogens is 1. The summed E-state index contributed by atoms with van der Waals surface area (Å²) in [5, 5.41) is 0.660. The first-order valence-corrected chi connectivity index (χ1v) is 9.72. The lowest BCUT2D eigenvalue weighted by Gasteiger charge is -2.06. The number of nitrogens with one attached hydrogen (secondary N) is 1. The lowest BCUT2D eigenvalue weighted by molar-refractivity contribution is -0.135. The minimum Gasteiger partial charge on any atom is -0.489 e. The fourth-order valence-electron chi connectivity index (χ4n) is 2.42. The number of esters is 1. The van der Waals surface area contributed by atoms with Crippen LogP contribution in [0.25, 0.3) is 12.2 Å². The molecule has 27 heavy (non-hydrogen) atoms. The van der Waals surface area contributed by atoms with Crippen molar-refractivity contribution >= 4 is 41.7 Å². The van der Waals surface area contributed by atoms with E-state index in [4.69, 9.17) is 21.7 Å². The summed E-state index contributed by atoms with van der Waals surface area (Å²) in [5.41, 5.74) is 2.12. The number of ether oxygens (including phenoxy) is 2. The standard InChI is InChI=1S/C21H19NO3S2/c1-2-24-20(23)13-18-19(27-21(26)22-18)12-15-8-10-17(11-9-15)25-14-16-6-4-3-5-7-16/h3-13H,2,14H2,1H3,(H,22,26)/b18-13-,19-12-. The summed E-state index contributed by atoms with van der Waals surface area (Å²) < 4.78 is 12.3. The van der Waals surface area contributed by atoms with Crippen LogP contribution < -0.4 is 14.6 Å². The third-order valence-electron chi connectivity index (χ3n) is 3.68. The fourth-order valence-corrected chi connectivity index (χ4v) is 3.58. The maximum Gasteiger partial charge on any atom is 0.332 e. The van der Waals surface area contributed by atoms with Crippen molar-refractivity contribution < 1.29 is 14.3 Å². The van der Waals surface area contributed by atoms with Gasteiger partial charge in [0.1, 0.15) is 12.4 Å². The molecule has 2 aromatic carbocycles. The number of carbonyl (C=O) groups excluding carboxylic acids is 1. The van der Waals surface area contributed by atoms with E-state index < -0.39 is 0 Å². The summed E-state index contributed by atoms with van der Waals surface area (Å²) in [6, 6.07) is 17.8. The molecule has 0 aliphatic carbocycles. The van der Waals surface area contributed by atoms with Crippen molar-refractivity contribution in [2.24, 2.45) is 0 Å². The fraction of sp³-hybridized carbons (Fsp3) is 0.143. The van der Waals surface area contributed by atoms with Crippen LogP contribution in [0.3, 0.4) is 0 Å².